The van der Waals surface area contributed by atoms with Crippen molar-refractivity contribution < 1.29 is 28.2 Å². The van der Waals surface area contributed by atoms with Crippen LogP contribution in [0.25, 0.3) is 0 Å². The van der Waals surface area contributed by atoms with Crippen molar-refractivity contribution in [2.75, 3.05) is 0 Å². The van der Waals surface area contributed by atoms with E-state index >= 15 is 0 Å². The molecule has 2 aromatic carbocycles. The number of aromatic carboxylic acids is 1. The van der Waals surface area contributed by atoms with Gasteiger partial charge in [0.15, 0.2) is 0 Å². The van der Waals surface area contributed by atoms with Crippen molar-refractivity contribution >= 4 is 5.97 Å². The average Bonchev–Trinajstić information content (AvgIpc) is 2.46. The monoisotopic (exact) mass is 294 g/mol. The molecular weight excluding hydrogens is 282 g/mol. The number of hydrogen-bond acceptors (Lipinski definition) is 3. The maximum atomic E-state index is 12.3. The molecule has 1 N–H and O–H groups in total. The highest BCUT2D eigenvalue weighted by atomic mass is 19.3. The SMILES string of the molecule is O=C(O)c1cccc(OCc2ccccc2OC(F)F)c1. The number of benzene rings is 2. The molecule has 4 nitrogen and oxygen atoms in total. The van der Waals surface area contributed by atoms with Gasteiger partial charge in [0.05, 0.1) is 5.56 Å². The summed E-state index contributed by atoms with van der Waals surface area (Å²) in [6.45, 7) is -2.92. The minimum atomic E-state index is -2.92. The third-order valence-corrected chi connectivity index (χ3v) is 2.66. The van der Waals surface area contributed by atoms with Gasteiger partial charge in [-0.1, -0.05) is 24.3 Å². The predicted molar refractivity (Wildman–Crippen MR) is 70.8 cm³/mol. The quantitative estimate of drug-likeness (QED) is 0.885. The summed E-state index contributed by atoms with van der Waals surface area (Å²) < 4.78 is 34.4. The molecule has 6 heteroatoms. The first-order valence-electron chi connectivity index (χ1n) is 6.05. The summed E-state index contributed by atoms with van der Waals surface area (Å²) in [6.07, 6.45) is 0. The fourth-order valence-electron chi connectivity index (χ4n) is 1.71. The Morgan fingerprint density at radius 3 is 2.62 bits per heavy atom. The molecule has 0 aliphatic heterocycles. The minimum absolute atomic E-state index is 0.00797. The summed E-state index contributed by atoms with van der Waals surface area (Å²) in [6, 6.07) is 12.2. The molecule has 21 heavy (non-hydrogen) atoms. The van der Waals surface area contributed by atoms with E-state index in [4.69, 9.17) is 9.84 Å². The second-order valence-electron chi connectivity index (χ2n) is 4.11. The summed E-state index contributed by atoms with van der Waals surface area (Å²) >= 11 is 0. The third kappa shape index (κ3) is 4.17. The third-order valence-electron chi connectivity index (χ3n) is 2.66. The number of para-hydroxylation sites is 1. The first-order chi connectivity index (χ1) is 10.1. The molecule has 0 saturated heterocycles. The fraction of sp³-hybridized carbons (Fsp3) is 0.133. The van der Waals surface area contributed by atoms with Crippen LogP contribution in [-0.2, 0) is 6.61 Å². The van der Waals surface area contributed by atoms with E-state index in [0.717, 1.165) is 0 Å². The smallest absolute Gasteiger partial charge is 0.387 e. The van der Waals surface area contributed by atoms with Gasteiger partial charge in [-0.25, -0.2) is 4.79 Å². The highest BCUT2D eigenvalue weighted by Crippen LogP contribution is 2.22. The second kappa shape index (κ2) is 6.69. The zero-order chi connectivity index (χ0) is 15.2. The van der Waals surface area contributed by atoms with Crippen molar-refractivity contribution in [3.05, 3.63) is 59.7 Å². The molecule has 0 aliphatic carbocycles. The number of alkyl halides is 2. The maximum Gasteiger partial charge on any atom is 0.387 e. The van der Waals surface area contributed by atoms with Gasteiger partial charge in [-0.3, -0.25) is 0 Å². The number of rotatable bonds is 6. The van der Waals surface area contributed by atoms with Gasteiger partial charge in [0.1, 0.15) is 18.1 Å². The van der Waals surface area contributed by atoms with Crippen LogP contribution in [-0.4, -0.2) is 17.7 Å². The van der Waals surface area contributed by atoms with Crippen LogP contribution < -0.4 is 9.47 Å². The molecule has 110 valence electrons. The predicted octanol–water partition coefficient (Wildman–Crippen LogP) is 3.57. The van der Waals surface area contributed by atoms with Crippen molar-refractivity contribution in [2.24, 2.45) is 0 Å². The second-order valence-corrected chi connectivity index (χ2v) is 4.11. The summed E-state index contributed by atoms with van der Waals surface area (Å²) in [5.41, 5.74) is 0.531. The summed E-state index contributed by atoms with van der Waals surface area (Å²) in [7, 11) is 0. The lowest BCUT2D eigenvalue weighted by atomic mass is 10.2. The molecule has 0 amide bonds. The Balaban J connectivity index is 2.09. The Morgan fingerprint density at radius 1 is 1.14 bits per heavy atom. The Kier molecular flexibility index (Phi) is 4.71. The molecule has 0 heterocycles. The molecule has 2 rings (SSSR count). The Hall–Kier alpha value is -2.63. The summed E-state index contributed by atoms with van der Waals surface area (Å²) in [5.74, 6) is -0.703. The minimum Gasteiger partial charge on any atom is -0.489 e. The van der Waals surface area contributed by atoms with E-state index in [1.54, 1.807) is 30.3 Å². The van der Waals surface area contributed by atoms with Gasteiger partial charge in [-0.15, -0.1) is 0 Å². The molecule has 0 aliphatic rings. The Morgan fingerprint density at radius 2 is 1.90 bits per heavy atom. The van der Waals surface area contributed by atoms with E-state index in [9.17, 15) is 13.6 Å². The molecule has 0 spiro atoms. The molecule has 0 radical (unpaired) electrons. The molecule has 0 fully saturated rings. The van der Waals surface area contributed by atoms with Crippen molar-refractivity contribution in [1.29, 1.82) is 0 Å². The van der Waals surface area contributed by atoms with E-state index in [-0.39, 0.29) is 17.9 Å². The number of carboxylic acid groups (broad SMARTS) is 1. The van der Waals surface area contributed by atoms with Gasteiger partial charge in [0, 0.05) is 5.56 Å². The standard InChI is InChI=1S/C15H12F2O4/c16-15(17)21-13-7-2-1-4-11(13)9-20-12-6-3-5-10(8-12)14(18)19/h1-8,15H,9H2,(H,18,19). The lowest BCUT2D eigenvalue weighted by Gasteiger charge is -2.11. The Labute approximate surface area is 119 Å². The van der Waals surface area contributed by atoms with Gasteiger partial charge in [-0.2, -0.15) is 8.78 Å². The van der Waals surface area contributed by atoms with Crippen LogP contribution in [0.5, 0.6) is 11.5 Å². The molecule has 2 aromatic rings. The van der Waals surface area contributed by atoms with Crippen LogP contribution in [0.1, 0.15) is 15.9 Å². The van der Waals surface area contributed by atoms with Gasteiger partial charge >= 0.3 is 12.6 Å². The topological polar surface area (TPSA) is 55.8 Å². The highest BCUT2D eigenvalue weighted by Gasteiger charge is 2.10. The maximum absolute atomic E-state index is 12.3. The van der Waals surface area contributed by atoms with Crippen molar-refractivity contribution in [3.63, 3.8) is 0 Å². The number of carbonyl (C=O) groups is 1. The summed E-state index contributed by atoms with van der Waals surface area (Å²) in [4.78, 5) is 10.8. The molecule has 0 saturated carbocycles. The first-order valence-corrected chi connectivity index (χ1v) is 6.05. The number of halogens is 2. The lowest BCUT2D eigenvalue weighted by Crippen LogP contribution is -2.06. The van der Waals surface area contributed by atoms with Crippen LogP contribution in [0, 0.1) is 0 Å². The van der Waals surface area contributed by atoms with E-state index in [0.29, 0.717) is 11.3 Å². The van der Waals surface area contributed by atoms with E-state index < -0.39 is 12.6 Å². The van der Waals surface area contributed by atoms with Crippen molar-refractivity contribution in [2.45, 2.75) is 13.2 Å². The van der Waals surface area contributed by atoms with E-state index in [1.165, 1.54) is 18.2 Å². The number of carboxylic acids is 1. The van der Waals surface area contributed by atoms with E-state index in [1.807, 2.05) is 0 Å². The van der Waals surface area contributed by atoms with Crippen LogP contribution in [0.4, 0.5) is 8.78 Å². The van der Waals surface area contributed by atoms with Crippen molar-refractivity contribution in [1.82, 2.24) is 0 Å². The van der Waals surface area contributed by atoms with Gasteiger partial charge in [0.2, 0.25) is 0 Å². The molecule has 0 aromatic heterocycles. The molecular formula is C15H12F2O4. The number of ether oxygens (including phenoxy) is 2. The zero-order valence-corrected chi connectivity index (χ0v) is 10.8. The molecule has 0 unspecified atom stereocenters. The van der Waals surface area contributed by atoms with Crippen LogP contribution in [0.2, 0.25) is 0 Å². The molecule has 0 atom stereocenters. The first kappa shape index (κ1) is 14.8. The largest absolute Gasteiger partial charge is 0.489 e. The van der Waals surface area contributed by atoms with E-state index in [2.05, 4.69) is 4.74 Å². The lowest BCUT2D eigenvalue weighted by molar-refractivity contribution is -0.0508. The van der Waals surface area contributed by atoms with Crippen molar-refractivity contribution in [3.8, 4) is 11.5 Å². The highest BCUT2D eigenvalue weighted by molar-refractivity contribution is 5.87. The number of hydrogen-bond donors (Lipinski definition) is 1. The van der Waals surface area contributed by atoms with Gasteiger partial charge < -0.3 is 14.6 Å². The zero-order valence-electron chi connectivity index (χ0n) is 10.8. The summed E-state index contributed by atoms with van der Waals surface area (Å²) in [5, 5.41) is 8.88. The van der Waals surface area contributed by atoms with Gasteiger partial charge in [0.25, 0.3) is 0 Å². The van der Waals surface area contributed by atoms with Gasteiger partial charge in [-0.05, 0) is 24.3 Å². The average molecular weight is 294 g/mol. The van der Waals surface area contributed by atoms with Crippen LogP contribution >= 0.6 is 0 Å². The van der Waals surface area contributed by atoms with Crippen LogP contribution in [0.3, 0.4) is 0 Å². The van der Waals surface area contributed by atoms with Crippen LogP contribution in [0.15, 0.2) is 48.5 Å². The normalized spacial score (nSPS) is 10.4. The fourth-order valence-corrected chi connectivity index (χ4v) is 1.71. The Bertz CT molecular complexity index is 629. The molecule has 0 bridgehead atoms.